The van der Waals surface area contributed by atoms with Crippen LogP contribution < -0.4 is 11.1 Å². The average Bonchev–Trinajstić information content (AvgIpc) is 2.40. The molecule has 98 valence electrons. The van der Waals surface area contributed by atoms with E-state index in [1.54, 1.807) is 18.2 Å². The van der Waals surface area contributed by atoms with Gasteiger partial charge in [-0.2, -0.15) is 4.39 Å². The number of halogens is 1. The first-order valence-corrected chi connectivity index (χ1v) is 5.81. The summed E-state index contributed by atoms with van der Waals surface area (Å²) in [5, 5.41) is 3.08. The van der Waals surface area contributed by atoms with E-state index in [1.807, 2.05) is 13.0 Å². The number of pyridine rings is 1. The lowest BCUT2D eigenvalue weighted by Crippen LogP contribution is -2.15. The van der Waals surface area contributed by atoms with E-state index < -0.39 is 11.9 Å². The van der Waals surface area contributed by atoms with Crippen LogP contribution in [-0.2, 0) is 6.54 Å². The minimum atomic E-state index is -0.545. The van der Waals surface area contributed by atoms with E-state index in [0.717, 1.165) is 11.1 Å². The second-order valence-electron chi connectivity index (χ2n) is 4.20. The highest BCUT2D eigenvalue weighted by Crippen LogP contribution is 2.16. The maximum absolute atomic E-state index is 13.1. The molecule has 0 saturated carbocycles. The third kappa shape index (κ3) is 3.07. The number of amides is 1. The van der Waals surface area contributed by atoms with Crippen LogP contribution in [0.3, 0.4) is 0 Å². The molecule has 0 atom stereocenters. The van der Waals surface area contributed by atoms with Crippen LogP contribution in [0.2, 0.25) is 0 Å². The Labute approximate surface area is 110 Å². The third-order valence-corrected chi connectivity index (χ3v) is 2.82. The summed E-state index contributed by atoms with van der Waals surface area (Å²) in [4.78, 5) is 14.8. The van der Waals surface area contributed by atoms with Gasteiger partial charge in [0.05, 0.1) is 0 Å². The van der Waals surface area contributed by atoms with E-state index >= 15 is 0 Å². The zero-order chi connectivity index (χ0) is 13.8. The summed E-state index contributed by atoms with van der Waals surface area (Å²) < 4.78 is 13.1. The number of aryl methyl sites for hydroxylation is 1. The topological polar surface area (TPSA) is 68.0 Å². The van der Waals surface area contributed by atoms with Crippen LogP contribution in [-0.4, -0.2) is 10.9 Å². The van der Waals surface area contributed by atoms with Gasteiger partial charge in [-0.15, -0.1) is 0 Å². The van der Waals surface area contributed by atoms with E-state index in [4.69, 9.17) is 5.73 Å². The monoisotopic (exact) mass is 259 g/mol. The van der Waals surface area contributed by atoms with E-state index in [-0.39, 0.29) is 0 Å². The molecule has 0 unspecified atom stereocenters. The van der Waals surface area contributed by atoms with Crippen molar-refractivity contribution in [3.05, 3.63) is 59.2 Å². The van der Waals surface area contributed by atoms with Crippen molar-refractivity contribution in [3.63, 3.8) is 0 Å². The Morgan fingerprint density at radius 2 is 2.16 bits per heavy atom. The van der Waals surface area contributed by atoms with Crippen molar-refractivity contribution >= 4 is 11.6 Å². The molecule has 2 aromatic rings. The minimum absolute atomic E-state index is 0.392. The highest BCUT2D eigenvalue weighted by atomic mass is 19.1. The molecule has 5 heteroatoms. The fourth-order valence-corrected chi connectivity index (χ4v) is 1.79. The minimum Gasteiger partial charge on any atom is -0.381 e. The molecule has 1 amide bonds. The van der Waals surface area contributed by atoms with E-state index in [2.05, 4.69) is 10.3 Å². The van der Waals surface area contributed by atoms with Crippen molar-refractivity contribution in [1.82, 2.24) is 4.98 Å². The number of primary amides is 1. The van der Waals surface area contributed by atoms with Gasteiger partial charge >= 0.3 is 0 Å². The van der Waals surface area contributed by atoms with Crippen molar-refractivity contribution in [1.29, 1.82) is 0 Å². The summed E-state index contributed by atoms with van der Waals surface area (Å²) in [6.45, 7) is 2.22. The van der Waals surface area contributed by atoms with Crippen LogP contribution in [0.4, 0.5) is 10.1 Å². The molecular weight excluding hydrogens is 245 g/mol. The molecule has 1 heterocycles. The van der Waals surface area contributed by atoms with Gasteiger partial charge in [0.2, 0.25) is 11.9 Å². The lowest BCUT2D eigenvalue weighted by molar-refractivity contribution is 0.0999. The fourth-order valence-electron chi connectivity index (χ4n) is 1.79. The van der Waals surface area contributed by atoms with Gasteiger partial charge in [0.1, 0.15) is 0 Å². The molecular formula is C14H14FN3O. The lowest BCUT2D eigenvalue weighted by atomic mass is 10.1. The van der Waals surface area contributed by atoms with Crippen LogP contribution in [0.25, 0.3) is 0 Å². The van der Waals surface area contributed by atoms with Gasteiger partial charge < -0.3 is 11.1 Å². The normalized spacial score (nSPS) is 10.2. The summed E-state index contributed by atoms with van der Waals surface area (Å²) in [6.07, 6.45) is 1.46. The number of carbonyl (C=O) groups excluding carboxylic acids is 1. The van der Waals surface area contributed by atoms with E-state index in [1.165, 1.54) is 12.3 Å². The van der Waals surface area contributed by atoms with Gasteiger partial charge in [0, 0.05) is 30.1 Å². The van der Waals surface area contributed by atoms with E-state index in [0.29, 0.717) is 17.8 Å². The van der Waals surface area contributed by atoms with Crippen molar-refractivity contribution in [2.24, 2.45) is 5.73 Å². The van der Waals surface area contributed by atoms with Gasteiger partial charge in [-0.1, -0.05) is 18.2 Å². The molecule has 0 bridgehead atoms. The molecule has 3 N–H and O–H groups in total. The van der Waals surface area contributed by atoms with Crippen LogP contribution in [0, 0.1) is 12.9 Å². The molecule has 19 heavy (non-hydrogen) atoms. The fraction of sp³-hybridized carbons (Fsp3) is 0.143. The number of anilines is 1. The summed E-state index contributed by atoms with van der Waals surface area (Å²) in [5.74, 6) is -1.02. The van der Waals surface area contributed by atoms with Crippen LogP contribution in [0.5, 0.6) is 0 Å². The third-order valence-electron chi connectivity index (χ3n) is 2.82. The van der Waals surface area contributed by atoms with Crippen molar-refractivity contribution in [2.45, 2.75) is 13.5 Å². The zero-order valence-corrected chi connectivity index (χ0v) is 10.5. The van der Waals surface area contributed by atoms with Crippen molar-refractivity contribution < 1.29 is 9.18 Å². The first-order chi connectivity index (χ1) is 9.08. The maximum atomic E-state index is 13.1. The number of carbonyl (C=O) groups is 1. The van der Waals surface area contributed by atoms with Gasteiger partial charge in [0.15, 0.2) is 0 Å². The predicted octanol–water partition coefficient (Wildman–Crippen LogP) is 2.24. The standard InChI is InChI=1S/C14H14FN3O/c1-9-7-18-13(15)6-12(9)17-8-10-4-2-3-5-11(10)14(16)19/h2-7H,8H2,1H3,(H2,16,19)(H,17,18). The molecule has 0 radical (unpaired) electrons. The van der Waals surface area contributed by atoms with Crippen molar-refractivity contribution in [2.75, 3.05) is 5.32 Å². The lowest BCUT2D eigenvalue weighted by Gasteiger charge is -2.11. The van der Waals surface area contributed by atoms with Crippen LogP contribution >= 0.6 is 0 Å². The first kappa shape index (κ1) is 13.0. The molecule has 0 aliphatic carbocycles. The van der Waals surface area contributed by atoms with Gasteiger partial charge in [0.25, 0.3) is 0 Å². The highest BCUT2D eigenvalue weighted by molar-refractivity contribution is 5.94. The molecule has 1 aromatic carbocycles. The Bertz CT molecular complexity index is 613. The van der Waals surface area contributed by atoms with Crippen LogP contribution in [0.15, 0.2) is 36.5 Å². The molecule has 0 saturated heterocycles. The molecule has 1 aromatic heterocycles. The Morgan fingerprint density at radius 3 is 2.89 bits per heavy atom. The molecule has 4 nitrogen and oxygen atoms in total. The summed E-state index contributed by atoms with van der Waals surface area (Å²) in [5.41, 5.74) is 8.01. The number of hydrogen-bond acceptors (Lipinski definition) is 3. The molecule has 0 fully saturated rings. The van der Waals surface area contributed by atoms with Crippen molar-refractivity contribution in [3.8, 4) is 0 Å². The largest absolute Gasteiger partial charge is 0.381 e. The number of rotatable bonds is 4. The number of aromatic nitrogens is 1. The zero-order valence-electron chi connectivity index (χ0n) is 10.5. The summed E-state index contributed by atoms with van der Waals surface area (Å²) in [7, 11) is 0. The SMILES string of the molecule is Cc1cnc(F)cc1NCc1ccccc1C(N)=O. The second-order valence-corrected chi connectivity index (χ2v) is 4.20. The second kappa shape index (κ2) is 5.48. The number of nitrogens with one attached hydrogen (secondary N) is 1. The Kier molecular flexibility index (Phi) is 3.75. The number of benzene rings is 1. The van der Waals surface area contributed by atoms with Gasteiger partial charge in [-0.3, -0.25) is 4.79 Å². The quantitative estimate of drug-likeness (QED) is 0.827. The average molecular weight is 259 g/mol. The Morgan fingerprint density at radius 1 is 1.42 bits per heavy atom. The molecule has 0 aliphatic rings. The highest BCUT2D eigenvalue weighted by Gasteiger charge is 2.07. The predicted molar refractivity (Wildman–Crippen MR) is 71.2 cm³/mol. The number of hydrogen-bond donors (Lipinski definition) is 2. The molecule has 0 aliphatic heterocycles. The number of nitrogens with two attached hydrogens (primary N) is 1. The maximum Gasteiger partial charge on any atom is 0.249 e. The molecule has 2 rings (SSSR count). The number of nitrogens with zero attached hydrogens (tertiary/aromatic N) is 1. The molecule has 0 spiro atoms. The summed E-state index contributed by atoms with van der Waals surface area (Å²) >= 11 is 0. The first-order valence-electron chi connectivity index (χ1n) is 5.81. The summed E-state index contributed by atoms with van der Waals surface area (Å²) in [6, 6.07) is 8.37. The Hall–Kier alpha value is -2.43. The van der Waals surface area contributed by atoms with E-state index in [9.17, 15) is 9.18 Å². The van der Waals surface area contributed by atoms with Gasteiger partial charge in [-0.25, -0.2) is 4.98 Å². The van der Waals surface area contributed by atoms with Crippen LogP contribution in [0.1, 0.15) is 21.5 Å². The van der Waals surface area contributed by atoms with Gasteiger partial charge in [-0.05, 0) is 24.1 Å². The smallest absolute Gasteiger partial charge is 0.249 e. The Balaban J connectivity index is 2.19.